The summed E-state index contributed by atoms with van der Waals surface area (Å²) in [6, 6.07) is 16.9. The molecule has 4 fully saturated rings. The van der Waals surface area contributed by atoms with Crippen molar-refractivity contribution in [3.63, 3.8) is 0 Å². The first-order chi connectivity index (χ1) is 26.8. The molecule has 4 heterocycles. The molecular formula is C40H46ClN7O7S. The molecule has 2 amide bonds. The number of nitrogens with one attached hydrogen (secondary N) is 2. The van der Waals surface area contributed by atoms with Gasteiger partial charge >= 0.3 is 6.09 Å². The smallest absolute Gasteiger partial charge is 0.407 e. The Kier molecular flexibility index (Phi) is 9.88. The Morgan fingerprint density at radius 3 is 2.39 bits per heavy atom. The number of carboxylic acid groups (broad SMARTS) is 1. The first-order valence-electron chi connectivity index (χ1n) is 19.2. The van der Waals surface area contributed by atoms with Gasteiger partial charge in [0, 0.05) is 30.9 Å². The molecule has 1 saturated heterocycles. The Morgan fingerprint density at radius 1 is 0.964 bits per heavy atom. The zero-order chi connectivity index (χ0) is 39.3. The number of halogens is 1. The summed E-state index contributed by atoms with van der Waals surface area (Å²) in [5, 5.41) is 16.6. The number of likely N-dealkylation sites (tertiary alicyclic amines) is 1. The maximum absolute atomic E-state index is 13.5. The Hall–Kier alpha value is -4.89. The molecule has 3 aromatic heterocycles. The molecule has 0 bridgehead atoms. The van der Waals surface area contributed by atoms with E-state index in [4.69, 9.17) is 21.1 Å². The highest BCUT2D eigenvalue weighted by molar-refractivity contribution is 7.90. The van der Waals surface area contributed by atoms with E-state index < -0.39 is 32.6 Å². The lowest BCUT2D eigenvalue weighted by Crippen LogP contribution is -2.41. The van der Waals surface area contributed by atoms with Gasteiger partial charge in [0.1, 0.15) is 11.8 Å². The number of rotatable bonds is 16. The molecule has 8 rings (SSSR count). The number of pyridine rings is 2. The maximum atomic E-state index is 13.5. The van der Waals surface area contributed by atoms with E-state index in [-0.39, 0.29) is 29.1 Å². The average Bonchev–Trinajstić information content (AvgIpc) is 4.12. The zero-order valence-corrected chi connectivity index (χ0v) is 33.0. The lowest BCUT2D eigenvalue weighted by atomic mass is 9.93. The van der Waals surface area contributed by atoms with Crippen LogP contribution >= 0.6 is 11.6 Å². The summed E-state index contributed by atoms with van der Waals surface area (Å²) in [5.74, 6) is 1.32. The Morgan fingerprint density at radius 2 is 1.71 bits per heavy atom. The zero-order valence-electron chi connectivity index (χ0n) is 31.4. The van der Waals surface area contributed by atoms with Crippen LogP contribution in [-0.4, -0.2) is 75.4 Å². The van der Waals surface area contributed by atoms with Crippen molar-refractivity contribution in [2.45, 2.75) is 82.4 Å². The third-order valence-corrected chi connectivity index (χ3v) is 13.7. The number of benzene rings is 1. The first kappa shape index (κ1) is 38.0. The van der Waals surface area contributed by atoms with E-state index in [2.05, 4.69) is 25.1 Å². The third-order valence-electron chi connectivity index (χ3n) is 12.2. The number of ether oxygens (including phenoxy) is 2. The number of carbonyl (C=O) groups excluding carboxylic acids is 1. The van der Waals surface area contributed by atoms with Gasteiger partial charge in [-0.2, -0.15) is 8.42 Å². The number of hydrogen-bond acceptors (Lipinski definition) is 10. The monoisotopic (exact) mass is 803 g/mol. The minimum atomic E-state index is -4.47. The van der Waals surface area contributed by atoms with Gasteiger partial charge in [-0.15, -0.1) is 5.10 Å². The molecule has 4 aliphatic rings. The molecule has 16 heteroatoms. The van der Waals surface area contributed by atoms with Crippen molar-refractivity contribution in [1.29, 1.82) is 0 Å². The number of fused-ring (bicyclic) bond motifs is 1. The number of aromatic nitrogens is 4. The van der Waals surface area contributed by atoms with Gasteiger partial charge in [0.2, 0.25) is 5.88 Å². The van der Waals surface area contributed by atoms with E-state index in [1.54, 1.807) is 12.3 Å². The lowest BCUT2D eigenvalue weighted by molar-refractivity contribution is 0.0980. The van der Waals surface area contributed by atoms with Crippen molar-refractivity contribution in [2.24, 2.45) is 22.7 Å². The number of sulfonamides is 1. The Bertz CT molecular complexity index is 2220. The Labute approximate surface area is 331 Å². The summed E-state index contributed by atoms with van der Waals surface area (Å²) >= 11 is 6.42. The van der Waals surface area contributed by atoms with E-state index in [1.165, 1.54) is 59.5 Å². The summed E-state index contributed by atoms with van der Waals surface area (Å²) in [7, 11) is -4.47. The number of amides is 2. The molecule has 4 aromatic rings. The fourth-order valence-corrected chi connectivity index (χ4v) is 10.3. The highest BCUT2D eigenvalue weighted by atomic mass is 35.5. The van der Waals surface area contributed by atoms with E-state index in [9.17, 15) is 23.1 Å². The Balaban J connectivity index is 0.897. The van der Waals surface area contributed by atoms with Crippen LogP contribution < -0.4 is 19.5 Å². The van der Waals surface area contributed by atoms with Crippen LogP contribution in [0.25, 0.3) is 5.82 Å². The van der Waals surface area contributed by atoms with Crippen molar-refractivity contribution >= 4 is 39.4 Å². The molecule has 2 spiro atoms. The number of nitrogens with zero attached hydrogens (tertiary/aromatic N) is 5. The second-order valence-electron chi connectivity index (χ2n) is 16.2. The molecule has 3 N–H and O–H groups in total. The van der Waals surface area contributed by atoms with Gasteiger partial charge in [-0.05, 0) is 118 Å². The van der Waals surface area contributed by atoms with Crippen molar-refractivity contribution in [1.82, 2.24) is 29.4 Å². The summed E-state index contributed by atoms with van der Waals surface area (Å²) in [5.41, 5.74) is 1.59. The normalized spacial score (nSPS) is 19.8. The van der Waals surface area contributed by atoms with Gasteiger partial charge in [0.15, 0.2) is 22.4 Å². The molecule has 0 unspecified atom stereocenters. The van der Waals surface area contributed by atoms with Crippen molar-refractivity contribution in [3.8, 4) is 17.4 Å². The van der Waals surface area contributed by atoms with Crippen molar-refractivity contribution in [2.75, 3.05) is 25.0 Å². The van der Waals surface area contributed by atoms with Crippen LogP contribution in [0.1, 0.15) is 81.1 Å². The SMILES string of the molecule is CC1(C)C[C@H](CCCNc2nc(S(=O)(=O)NC(=O)c3ccc(-n4ccc(OCCC5C6(CC6)C56CC6)n4)nc3Cl)ccc2OCc2ccccc2)CN1C(=O)O. The van der Waals surface area contributed by atoms with Crippen molar-refractivity contribution < 1.29 is 32.6 Å². The quantitative estimate of drug-likeness (QED) is 0.0790. The molecule has 1 aromatic carbocycles. The predicted molar refractivity (Wildman–Crippen MR) is 208 cm³/mol. The lowest BCUT2D eigenvalue weighted by Gasteiger charge is -2.28. The van der Waals surface area contributed by atoms with E-state index in [0.717, 1.165) is 30.7 Å². The van der Waals surface area contributed by atoms with Crippen LogP contribution in [0.5, 0.6) is 11.6 Å². The van der Waals surface area contributed by atoms with Crippen LogP contribution in [-0.2, 0) is 16.6 Å². The van der Waals surface area contributed by atoms with E-state index >= 15 is 0 Å². The number of hydrogen-bond donors (Lipinski definition) is 3. The third kappa shape index (κ3) is 7.50. The average molecular weight is 804 g/mol. The summed E-state index contributed by atoms with van der Waals surface area (Å²) in [6.07, 6.45) is 9.46. The number of carbonyl (C=O) groups is 2. The van der Waals surface area contributed by atoms with Crippen LogP contribution in [0.3, 0.4) is 0 Å². The van der Waals surface area contributed by atoms with E-state index in [0.29, 0.717) is 54.4 Å². The standard InChI is InChI=1S/C40H46ClN7O7S/c1-38(2)23-27(24-47(38)37(50)51)9-6-20-42-35-29(55-25-26-7-4-3-5-8-26)11-13-33(44-35)56(52,53)46-36(49)28-10-12-31(43-34(28)41)48-21-14-32(45-48)54-22-15-30-39(16-17-39)40(30)18-19-40/h3-5,7-8,10-14,21,27,30H,6,9,15-20,22-25H2,1-2H3,(H,42,44)(H,46,49)(H,50,51)/t27-/m0/s1. The highest BCUT2D eigenvalue weighted by Crippen LogP contribution is 2.93. The molecule has 56 heavy (non-hydrogen) atoms. The molecule has 3 saturated carbocycles. The molecule has 14 nitrogen and oxygen atoms in total. The van der Waals surface area contributed by atoms with Crippen molar-refractivity contribution in [3.05, 3.63) is 83.1 Å². The summed E-state index contributed by atoms with van der Waals surface area (Å²) < 4.78 is 42.6. The largest absolute Gasteiger partial charge is 0.485 e. The van der Waals surface area contributed by atoms with Gasteiger partial charge in [0.25, 0.3) is 15.9 Å². The summed E-state index contributed by atoms with van der Waals surface area (Å²) in [4.78, 5) is 35.1. The molecule has 1 aliphatic heterocycles. The molecule has 1 atom stereocenters. The van der Waals surface area contributed by atoms with Crippen LogP contribution in [0.15, 0.2) is 71.9 Å². The highest BCUT2D eigenvalue weighted by Gasteiger charge is 2.85. The fraction of sp³-hybridized carbons (Fsp3) is 0.475. The van der Waals surface area contributed by atoms with Gasteiger partial charge in [-0.1, -0.05) is 41.9 Å². The van der Waals surface area contributed by atoms with Gasteiger partial charge in [0.05, 0.1) is 12.2 Å². The molecule has 0 radical (unpaired) electrons. The molecule has 3 aliphatic carbocycles. The fourth-order valence-electron chi connectivity index (χ4n) is 9.17. The summed E-state index contributed by atoms with van der Waals surface area (Å²) in [6.45, 7) is 5.57. The second kappa shape index (κ2) is 14.6. The maximum Gasteiger partial charge on any atom is 0.407 e. The van der Waals surface area contributed by atoms with Crippen LogP contribution in [0.2, 0.25) is 5.15 Å². The topological polar surface area (TPSA) is 178 Å². The van der Waals surface area contributed by atoms with Gasteiger partial charge in [-0.3, -0.25) is 4.79 Å². The molecular weight excluding hydrogens is 758 g/mol. The first-order valence-corrected chi connectivity index (χ1v) is 21.0. The van der Waals surface area contributed by atoms with Crippen LogP contribution in [0.4, 0.5) is 10.6 Å². The van der Waals surface area contributed by atoms with Crippen LogP contribution in [0, 0.1) is 22.7 Å². The number of anilines is 1. The molecule has 296 valence electrons. The van der Waals surface area contributed by atoms with Gasteiger partial charge < -0.3 is 24.8 Å². The van der Waals surface area contributed by atoms with E-state index in [1.807, 2.05) is 44.2 Å². The van der Waals surface area contributed by atoms with Gasteiger partial charge in [-0.25, -0.2) is 24.2 Å². The predicted octanol–water partition coefficient (Wildman–Crippen LogP) is 6.94. The minimum absolute atomic E-state index is 0.146. The second-order valence-corrected chi connectivity index (χ2v) is 18.1. The minimum Gasteiger partial charge on any atom is -0.485 e.